The van der Waals surface area contributed by atoms with Crippen molar-refractivity contribution in [2.24, 2.45) is 0 Å². The van der Waals surface area contributed by atoms with Crippen LogP contribution in [0.3, 0.4) is 0 Å². The highest BCUT2D eigenvalue weighted by molar-refractivity contribution is 7.99. The van der Waals surface area contributed by atoms with Crippen LogP contribution >= 0.6 is 11.8 Å². The normalized spacial score (nSPS) is 12.1. The van der Waals surface area contributed by atoms with Crippen molar-refractivity contribution in [1.82, 2.24) is 15.5 Å². The van der Waals surface area contributed by atoms with E-state index in [0.717, 1.165) is 0 Å². The molecule has 0 spiro atoms. The summed E-state index contributed by atoms with van der Waals surface area (Å²) in [6.45, 7) is 2.66. The van der Waals surface area contributed by atoms with Crippen molar-refractivity contribution < 1.29 is 4.79 Å². The summed E-state index contributed by atoms with van der Waals surface area (Å²) in [5, 5.41) is 10.4. The van der Waals surface area contributed by atoms with E-state index in [4.69, 9.17) is 5.73 Å². The molecule has 1 aromatic rings. The second-order valence-corrected chi connectivity index (χ2v) is 4.38. The van der Waals surface area contributed by atoms with Crippen molar-refractivity contribution in [1.29, 1.82) is 0 Å². The molecule has 0 saturated carbocycles. The third-order valence-electron chi connectivity index (χ3n) is 1.87. The minimum Gasteiger partial charge on any atom is -0.382 e. The minimum absolute atomic E-state index is 0.219. The molecule has 0 aliphatic rings. The summed E-state index contributed by atoms with van der Waals surface area (Å²) in [5.41, 5.74) is 5.65. The number of nitrogens with one attached hydrogen (secondary N) is 1. The van der Waals surface area contributed by atoms with Gasteiger partial charge in [0.1, 0.15) is 5.82 Å². The van der Waals surface area contributed by atoms with Gasteiger partial charge in [-0.15, -0.1) is 10.2 Å². The Hall–Kier alpha value is -1.30. The van der Waals surface area contributed by atoms with E-state index in [2.05, 4.69) is 15.5 Å². The van der Waals surface area contributed by atoms with Gasteiger partial charge in [0, 0.05) is 11.8 Å². The van der Waals surface area contributed by atoms with Gasteiger partial charge in [-0.25, -0.2) is 0 Å². The molecule has 0 bridgehead atoms. The van der Waals surface area contributed by atoms with Gasteiger partial charge in [0.2, 0.25) is 0 Å². The Morgan fingerprint density at radius 3 is 2.87 bits per heavy atom. The van der Waals surface area contributed by atoms with Crippen molar-refractivity contribution in [3.05, 3.63) is 17.8 Å². The molecule has 0 aliphatic heterocycles. The van der Waals surface area contributed by atoms with Gasteiger partial charge >= 0.3 is 0 Å². The van der Waals surface area contributed by atoms with Gasteiger partial charge in [0.25, 0.3) is 5.91 Å². The van der Waals surface area contributed by atoms with Crippen LogP contribution in [-0.4, -0.2) is 34.2 Å². The molecule has 0 radical (unpaired) electrons. The van der Waals surface area contributed by atoms with E-state index < -0.39 is 0 Å². The number of thioether (sulfide) groups is 1. The maximum atomic E-state index is 11.5. The van der Waals surface area contributed by atoms with Crippen molar-refractivity contribution >= 4 is 23.5 Å². The molecule has 1 unspecified atom stereocenters. The maximum Gasteiger partial charge on any atom is 0.271 e. The first-order chi connectivity index (χ1) is 7.13. The number of aromatic nitrogens is 2. The summed E-state index contributed by atoms with van der Waals surface area (Å²) in [4.78, 5) is 11.5. The first-order valence-electron chi connectivity index (χ1n) is 4.53. The largest absolute Gasteiger partial charge is 0.382 e. The van der Waals surface area contributed by atoms with Gasteiger partial charge in [-0.1, -0.05) is 6.92 Å². The molecule has 0 saturated heterocycles. The highest BCUT2D eigenvalue weighted by Crippen LogP contribution is 2.03. The molecular weight excluding hydrogens is 212 g/mol. The lowest BCUT2D eigenvalue weighted by atomic mass is 10.3. The van der Waals surface area contributed by atoms with Gasteiger partial charge in [0.15, 0.2) is 5.69 Å². The monoisotopic (exact) mass is 226 g/mol. The molecule has 0 aromatic carbocycles. The molecule has 1 rings (SSSR count). The molecule has 0 aliphatic carbocycles. The molecule has 1 aromatic heterocycles. The van der Waals surface area contributed by atoms with Crippen LogP contribution in [0.4, 0.5) is 5.82 Å². The van der Waals surface area contributed by atoms with E-state index >= 15 is 0 Å². The number of anilines is 1. The quantitative estimate of drug-likeness (QED) is 0.783. The molecule has 82 valence electrons. The van der Waals surface area contributed by atoms with E-state index in [1.165, 1.54) is 0 Å². The van der Waals surface area contributed by atoms with Gasteiger partial charge in [-0.05, 0) is 18.4 Å². The second-order valence-electron chi connectivity index (χ2n) is 3.10. The van der Waals surface area contributed by atoms with Crippen molar-refractivity contribution in [3.8, 4) is 0 Å². The number of rotatable bonds is 4. The van der Waals surface area contributed by atoms with E-state index in [1.54, 1.807) is 23.9 Å². The van der Waals surface area contributed by atoms with Crippen LogP contribution < -0.4 is 11.1 Å². The SMILES string of the molecule is CSC(C)CNC(=O)c1ccc(N)nn1. The lowest BCUT2D eigenvalue weighted by molar-refractivity contribution is 0.0948. The van der Waals surface area contributed by atoms with Crippen LogP contribution in [0.1, 0.15) is 17.4 Å². The predicted octanol–water partition coefficient (Wildman–Crippen LogP) is 0.540. The first-order valence-corrected chi connectivity index (χ1v) is 5.82. The molecule has 6 heteroatoms. The van der Waals surface area contributed by atoms with Crippen LogP contribution in [-0.2, 0) is 0 Å². The highest BCUT2D eigenvalue weighted by atomic mass is 32.2. The Balaban J connectivity index is 2.50. The zero-order chi connectivity index (χ0) is 11.3. The molecule has 1 heterocycles. The van der Waals surface area contributed by atoms with Crippen LogP contribution in [0.5, 0.6) is 0 Å². The van der Waals surface area contributed by atoms with Crippen molar-refractivity contribution in [2.45, 2.75) is 12.2 Å². The Bertz CT molecular complexity index is 327. The van der Waals surface area contributed by atoms with Gasteiger partial charge in [-0.3, -0.25) is 4.79 Å². The number of hydrogen-bond acceptors (Lipinski definition) is 5. The van der Waals surface area contributed by atoms with Gasteiger partial charge < -0.3 is 11.1 Å². The van der Waals surface area contributed by atoms with Crippen LogP contribution in [0.15, 0.2) is 12.1 Å². The van der Waals surface area contributed by atoms with E-state index in [0.29, 0.717) is 17.6 Å². The number of carbonyl (C=O) groups excluding carboxylic acids is 1. The van der Waals surface area contributed by atoms with Gasteiger partial charge in [-0.2, -0.15) is 11.8 Å². The molecular formula is C9H14N4OS. The average Bonchev–Trinajstić information content (AvgIpc) is 2.26. The molecule has 1 atom stereocenters. The van der Waals surface area contributed by atoms with E-state index in [1.807, 2.05) is 13.2 Å². The molecule has 5 nitrogen and oxygen atoms in total. The Morgan fingerprint density at radius 1 is 1.60 bits per heavy atom. The molecule has 1 amide bonds. The zero-order valence-electron chi connectivity index (χ0n) is 8.73. The van der Waals surface area contributed by atoms with Crippen LogP contribution in [0.25, 0.3) is 0 Å². The lowest BCUT2D eigenvalue weighted by Crippen LogP contribution is -2.30. The Kier molecular flexibility index (Phi) is 4.36. The third-order valence-corrected chi connectivity index (χ3v) is 2.84. The predicted molar refractivity (Wildman–Crippen MR) is 61.8 cm³/mol. The standard InChI is InChI=1S/C9H14N4OS/c1-6(15-2)5-11-9(14)7-3-4-8(10)13-12-7/h3-4,6H,5H2,1-2H3,(H2,10,13)(H,11,14). The number of hydrogen-bond donors (Lipinski definition) is 2. The van der Waals surface area contributed by atoms with Crippen molar-refractivity contribution in [3.63, 3.8) is 0 Å². The topological polar surface area (TPSA) is 80.9 Å². The van der Waals surface area contributed by atoms with E-state index in [9.17, 15) is 4.79 Å². The first kappa shape index (κ1) is 11.8. The van der Waals surface area contributed by atoms with Gasteiger partial charge in [0.05, 0.1) is 0 Å². The summed E-state index contributed by atoms with van der Waals surface area (Å²) in [6, 6.07) is 3.11. The number of nitrogens with two attached hydrogens (primary N) is 1. The number of carbonyl (C=O) groups is 1. The second kappa shape index (κ2) is 5.55. The fraction of sp³-hybridized carbons (Fsp3) is 0.444. The summed E-state index contributed by atoms with van der Waals surface area (Å²) in [6.07, 6.45) is 2.00. The van der Waals surface area contributed by atoms with E-state index in [-0.39, 0.29) is 11.6 Å². The fourth-order valence-corrected chi connectivity index (χ4v) is 1.12. The molecule has 15 heavy (non-hydrogen) atoms. The Labute approximate surface area is 92.8 Å². The molecule has 0 fully saturated rings. The fourth-order valence-electron chi connectivity index (χ4n) is 0.874. The zero-order valence-corrected chi connectivity index (χ0v) is 9.54. The number of nitrogen functional groups attached to an aromatic ring is 1. The van der Waals surface area contributed by atoms with Crippen LogP contribution in [0, 0.1) is 0 Å². The summed E-state index contributed by atoms with van der Waals surface area (Å²) in [5.74, 6) is 0.0902. The lowest BCUT2D eigenvalue weighted by Gasteiger charge is -2.08. The maximum absolute atomic E-state index is 11.5. The summed E-state index contributed by atoms with van der Waals surface area (Å²) in [7, 11) is 0. The number of amides is 1. The van der Waals surface area contributed by atoms with Crippen molar-refractivity contribution in [2.75, 3.05) is 18.5 Å². The summed E-state index contributed by atoms with van der Waals surface area (Å²) < 4.78 is 0. The summed E-state index contributed by atoms with van der Waals surface area (Å²) >= 11 is 1.69. The highest BCUT2D eigenvalue weighted by Gasteiger charge is 2.08. The number of nitrogens with zero attached hydrogens (tertiary/aromatic N) is 2. The Morgan fingerprint density at radius 2 is 2.33 bits per heavy atom. The third kappa shape index (κ3) is 3.75. The average molecular weight is 226 g/mol. The molecule has 3 N–H and O–H groups in total. The smallest absolute Gasteiger partial charge is 0.271 e. The van der Waals surface area contributed by atoms with Crippen LogP contribution in [0.2, 0.25) is 0 Å². The minimum atomic E-state index is -0.219.